The summed E-state index contributed by atoms with van der Waals surface area (Å²) in [6, 6.07) is 4.86. The average molecular weight is 536 g/mol. The smallest absolute Gasteiger partial charge is 0.387 e. The number of hydrogen-bond donors (Lipinski definition) is 3. The average Bonchev–Trinajstić information content (AvgIpc) is 2.63. The number of ether oxygens (including phenoxy) is 2. The van der Waals surface area contributed by atoms with Crippen LogP contribution in [0.5, 0.6) is 11.5 Å². The number of para-hydroxylation sites is 1. The van der Waals surface area contributed by atoms with E-state index < -0.39 is 16.6 Å². The Balaban J connectivity index is 0.00000729. The third kappa shape index (κ3) is 9.68. The number of nitrogens with one attached hydrogen (secondary N) is 3. The predicted octanol–water partition coefficient (Wildman–Crippen LogP) is 1.91. The fourth-order valence-corrected chi connectivity index (χ4v) is 2.70. The molecular formula is C16H27F2IN4O4S. The Morgan fingerprint density at radius 3 is 2.50 bits per heavy atom. The van der Waals surface area contributed by atoms with Gasteiger partial charge in [-0.1, -0.05) is 12.1 Å². The molecule has 0 fully saturated rings. The van der Waals surface area contributed by atoms with Crippen LogP contribution < -0.4 is 24.8 Å². The summed E-state index contributed by atoms with van der Waals surface area (Å²) in [6.07, 6.45) is 0. The van der Waals surface area contributed by atoms with Gasteiger partial charge in [-0.15, -0.1) is 24.0 Å². The molecule has 0 radical (unpaired) electrons. The Labute approximate surface area is 181 Å². The molecule has 3 N–H and O–H groups in total. The summed E-state index contributed by atoms with van der Waals surface area (Å²) in [5.74, 6) is 0.584. The van der Waals surface area contributed by atoms with Crippen molar-refractivity contribution in [2.45, 2.75) is 27.0 Å². The first-order valence-corrected chi connectivity index (χ1v) is 10.1. The van der Waals surface area contributed by atoms with Gasteiger partial charge in [-0.05, 0) is 19.9 Å². The normalized spacial score (nSPS) is 11.7. The van der Waals surface area contributed by atoms with Crippen molar-refractivity contribution in [1.29, 1.82) is 0 Å². The van der Waals surface area contributed by atoms with E-state index in [4.69, 9.17) is 4.74 Å². The molecule has 0 aliphatic heterocycles. The lowest BCUT2D eigenvalue weighted by atomic mass is 10.2. The minimum atomic E-state index is -3.26. The Morgan fingerprint density at radius 1 is 1.21 bits per heavy atom. The first-order valence-electron chi connectivity index (χ1n) is 8.44. The number of halogens is 3. The van der Waals surface area contributed by atoms with E-state index in [0.29, 0.717) is 24.7 Å². The standard InChI is InChI=1S/C16H26F2N4O4S.HI/c1-4-25-13-8-6-7-12(14(13)26-15(17)18)11-21-16(19-3)20-9-10-22-27(23,24)5-2;/h6-8,15,22H,4-5,9-11H2,1-3H3,(H2,19,20,21);1H. The molecule has 0 aliphatic rings. The molecule has 0 saturated heterocycles. The van der Waals surface area contributed by atoms with Crippen LogP contribution in [0.2, 0.25) is 0 Å². The number of alkyl halides is 2. The maximum atomic E-state index is 12.7. The van der Waals surface area contributed by atoms with Gasteiger partial charge in [0.1, 0.15) is 0 Å². The third-order valence-corrected chi connectivity index (χ3v) is 4.76. The van der Waals surface area contributed by atoms with E-state index in [-0.39, 0.29) is 54.3 Å². The van der Waals surface area contributed by atoms with E-state index in [2.05, 4.69) is 25.1 Å². The van der Waals surface area contributed by atoms with Gasteiger partial charge < -0.3 is 20.1 Å². The quantitative estimate of drug-likeness (QED) is 0.173. The van der Waals surface area contributed by atoms with E-state index >= 15 is 0 Å². The Bertz CT molecular complexity index is 721. The summed E-state index contributed by atoms with van der Waals surface area (Å²) in [4.78, 5) is 4.00. The molecule has 0 aliphatic carbocycles. The molecule has 0 aromatic heterocycles. The van der Waals surface area contributed by atoms with Gasteiger partial charge in [-0.2, -0.15) is 8.78 Å². The van der Waals surface area contributed by atoms with Crippen molar-refractivity contribution in [2.24, 2.45) is 4.99 Å². The minimum Gasteiger partial charge on any atom is -0.490 e. The highest BCUT2D eigenvalue weighted by molar-refractivity contribution is 14.0. The van der Waals surface area contributed by atoms with Gasteiger partial charge in [0, 0.05) is 32.2 Å². The first-order chi connectivity index (χ1) is 12.8. The highest BCUT2D eigenvalue weighted by Crippen LogP contribution is 2.32. The zero-order chi connectivity index (χ0) is 20.3. The summed E-state index contributed by atoms with van der Waals surface area (Å²) in [5.41, 5.74) is 0.468. The molecule has 0 saturated carbocycles. The fraction of sp³-hybridized carbons (Fsp3) is 0.562. The number of hydrogen-bond acceptors (Lipinski definition) is 5. The molecule has 12 heteroatoms. The van der Waals surface area contributed by atoms with Gasteiger partial charge in [0.2, 0.25) is 10.0 Å². The first kappa shape index (κ1) is 26.6. The van der Waals surface area contributed by atoms with Crippen molar-refractivity contribution < 1.29 is 26.7 Å². The molecule has 28 heavy (non-hydrogen) atoms. The Hall–Kier alpha value is -1.41. The van der Waals surface area contributed by atoms with Crippen LogP contribution >= 0.6 is 24.0 Å². The van der Waals surface area contributed by atoms with E-state index in [1.165, 1.54) is 0 Å². The number of nitrogens with zero attached hydrogens (tertiary/aromatic N) is 1. The zero-order valence-corrected chi connectivity index (χ0v) is 19.1. The highest BCUT2D eigenvalue weighted by Gasteiger charge is 2.16. The maximum absolute atomic E-state index is 12.7. The summed E-state index contributed by atoms with van der Waals surface area (Å²) < 4.78 is 60.5. The molecule has 162 valence electrons. The molecule has 0 amide bonds. The van der Waals surface area contributed by atoms with Crippen LogP contribution in [0.4, 0.5) is 8.78 Å². The lowest BCUT2D eigenvalue weighted by molar-refractivity contribution is -0.0520. The SMILES string of the molecule is CCOc1cccc(CNC(=NC)NCCNS(=O)(=O)CC)c1OC(F)F.I. The summed E-state index contributed by atoms with van der Waals surface area (Å²) in [7, 11) is -1.72. The second-order valence-corrected chi connectivity index (χ2v) is 7.30. The van der Waals surface area contributed by atoms with Crippen molar-refractivity contribution in [3.05, 3.63) is 23.8 Å². The van der Waals surface area contributed by atoms with Crippen molar-refractivity contribution in [3.63, 3.8) is 0 Å². The van der Waals surface area contributed by atoms with Crippen molar-refractivity contribution >= 4 is 40.0 Å². The van der Waals surface area contributed by atoms with Crippen LogP contribution in [0, 0.1) is 0 Å². The van der Waals surface area contributed by atoms with E-state index in [1.807, 2.05) is 0 Å². The number of guanidine groups is 1. The van der Waals surface area contributed by atoms with Gasteiger partial charge in [0.05, 0.1) is 12.4 Å². The molecule has 1 rings (SSSR count). The zero-order valence-electron chi connectivity index (χ0n) is 16.0. The van der Waals surface area contributed by atoms with Gasteiger partial charge in [-0.25, -0.2) is 13.1 Å². The second kappa shape index (κ2) is 13.7. The van der Waals surface area contributed by atoms with Crippen LogP contribution in [-0.4, -0.2) is 53.5 Å². The predicted molar refractivity (Wildman–Crippen MR) is 115 cm³/mol. The molecule has 0 heterocycles. The molecule has 0 atom stereocenters. The van der Waals surface area contributed by atoms with Crippen LogP contribution in [-0.2, 0) is 16.6 Å². The molecule has 8 nitrogen and oxygen atoms in total. The number of aliphatic imine (C=N–C) groups is 1. The minimum absolute atomic E-state index is 0. The lowest BCUT2D eigenvalue weighted by Crippen LogP contribution is -2.41. The largest absolute Gasteiger partial charge is 0.490 e. The number of rotatable bonds is 11. The molecule has 1 aromatic carbocycles. The molecule has 0 bridgehead atoms. The van der Waals surface area contributed by atoms with Crippen LogP contribution in [0.25, 0.3) is 0 Å². The molecular weight excluding hydrogens is 509 g/mol. The molecule has 1 aromatic rings. The Morgan fingerprint density at radius 2 is 1.93 bits per heavy atom. The van der Waals surface area contributed by atoms with Crippen LogP contribution in [0.3, 0.4) is 0 Å². The van der Waals surface area contributed by atoms with Crippen molar-refractivity contribution in [2.75, 3.05) is 32.5 Å². The number of sulfonamides is 1. The van der Waals surface area contributed by atoms with Crippen molar-refractivity contribution in [1.82, 2.24) is 15.4 Å². The topological polar surface area (TPSA) is 101 Å². The van der Waals surface area contributed by atoms with Gasteiger partial charge in [0.25, 0.3) is 0 Å². The molecule has 0 spiro atoms. The van der Waals surface area contributed by atoms with Crippen molar-refractivity contribution in [3.8, 4) is 11.5 Å². The van der Waals surface area contributed by atoms with Crippen LogP contribution in [0.1, 0.15) is 19.4 Å². The van der Waals surface area contributed by atoms with E-state index in [1.54, 1.807) is 39.1 Å². The van der Waals surface area contributed by atoms with Gasteiger partial charge in [-0.3, -0.25) is 4.99 Å². The van der Waals surface area contributed by atoms with E-state index in [9.17, 15) is 17.2 Å². The van der Waals surface area contributed by atoms with Gasteiger partial charge >= 0.3 is 6.61 Å². The monoisotopic (exact) mass is 536 g/mol. The summed E-state index contributed by atoms with van der Waals surface area (Å²) >= 11 is 0. The highest BCUT2D eigenvalue weighted by atomic mass is 127. The fourth-order valence-electron chi connectivity index (χ4n) is 2.08. The Kier molecular flexibility index (Phi) is 13.0. The van der Waals surface area contributed by atoms with Crippen LogP contribution in [0.15, 0.2) is 23.2 Å². The summed E-state index contributed by atoms with van der Waals surface area (Å²) in [6.45, 7) is 1.28. The third-order valence-electron chi connectivity index (χ3n) is 3.36. The van der Waals surface area contributed by atoms with E-state index in [0.717, 1.165) is 0 Å². The lowest BCUT2D eigenvalue weighted by Gasteiger charge is -2.17. The maximum Gasteiger partial charge on any atom is 0.387 e. The molecule has 0 unspecified atom stereocenters. The number of benzene rings is 1. The second-order valence-electron chi connectivity index (χ2n) is 5.21. The summed E-state index contributed by atoms with van der Waals surface area (Å²) in [5, 5.41) is 5.89. The van der Waals surface area contributed by atoms with Gasteiger partial charge in [0.15, 0.2) is 17.5 Å².